The molecule has 1 unspecified atom stereocenters. The highest BCUT2D eigenvalue weighted by atomic mass is 16.6. The van der Waals surface area contributed by atoms with Crippen molar-refractivity contribution in [2.45, 2.75) is 32.3 Å². The lowest BCUT2D eigenvalue weighted by Crippen LogP contribution is -2.39. The summed E-state index contributed by atoms with van der Waals surface area (Å²) in [7, 11) is 3.96. The average molecular weight is 422 g/mol. The topological polar surface area (TPSA) is 84.6 Å². The lowest BCUT2D eigenvalue weighted by Gasteiger charge is -2.33. The van der Waals surface area contributed by atoms with Crippen LogP contribution < -0.4 is 9.64 Å². The third-order valence-electron chi connectivity index (χ3n) is 5.64. The number of hydrogen-bond donors (Lipinski definition) is 0. The zero-order chi connectivity index (χ0) is 21.8. The number of amides is 1. The normalized spacial score (nSPS) is 16.2. The van der Waals surface area contributed by atoms with Gasteiger partial charge in [0.1, 0.15) is 29.6 Å². The Kier molecular flexibility index (Phi) is 6.16. The van der Waals surface area contributed by atoms with Crippen molar-refractivity contribution in [1.29, 1.82) is 0 Å². The van der Waals surface area contributed by atoms with Gasteiger partial charge in [-0.15, -0.1) is 0 Å². The predicted molar refractivity (Wildman–Crippen MR) is 116 cm³/mol. The molecule has 8 heteroatoms. The van der Waals surface area contributed by atoms with Crippen LogP contribution >= 0.6 is 0 Å². The zero-order valence-electron chi connectivity index (χ0n) is 18.1. The van der Waals surface area contributed by atoms with Gasteiger partial charge in [0.2, 0.25) is 0 Å². The number of ether oxygens (including phenoxy) is 1. The Hall–Kier alpha value is -3.42. The first kappa shape index (κ1) is 20.8. The number of likely N-dealkylation sites (tertiary alicyclic amines) is 1. The van der Waals surface area contributed by atoms with Crippen molar-refractivity contribution in [1.82, 2.24) is 20.2 Å². The molecule has 0 aliphatic carbocycles. The molecule has 1 fully saturated rings. The maximum absolute atomic E-state index is 13.4. The number of benzene rings is 1. The van der Waals surface area contributed by atoms with Crippen LogP contribution in [0.25, 0.3) is 0 Å². The van der Waals surface area contributed by atoms with Crippen LogP contribution in [0.1, 0.15) is 46.1 Å². The van der Waals surface area contributed by atoms with E-state index in [-0.39, 0.29) is 18.4 Å². The minimum Gasteiger partial charge on any atom is -0.486 e. The molecule has 0 N–H and O–H groups in total. The van der Waals surface area contributed by atoms with Gasteiger partial charge >= 0.3 is 0 Å². The van der Waals surface area contributed by atoms with Crippen molar-refractivity contribution < 1.29 is 14.2 Å². The van der Waals surface area contributed by atoms with Crippen LogP contribution in [0.15, 0.2) is 47.2 Å². The molecule has 3 aromatic rings. The molecule has 0 bridgehead atoms. The number of nitrogens with zero attached hydrogens (tertiary/aromatic N) is 5. The minimum atomic E-state index is -0.0165. The fourth-order valence-corrected chi connectivity index (χ4v) is 3.83. The van der Waals surface area contributed by atoms with Crippen molar-refractivity contribution in [2.75, 3.05) is 32.1 Å². The molecule has 4 rings (SSSR count). The second kappa shape index (κ2) is 9.16. The summed E-state index contributed by atoms with van der Waals surface area (Å²) in [6, 6.07) is 11.5. The minimum absolute atomic E-state index is 0.0165. The molecule has 1 amide bonds. The predicted octanol–water partition coefficient (Wildman–Crippen LogP) is 3.44. The molecular weight excluding hydrogens is 394 g/mol. The molecule has 1 atom stereocenters. The molecular formula is C23H27N5O3. The molecule has 0 saturated carbocycles. The quantitative estimate of drug-likeness (QED) is 0.603. The Morgan fingerprint density at radius 1 is 1.26 bits per heavy atom. The van der Waals surface area contributed by atoms with E-state index < -0.39 is 0 Å². The smallest absolute Gasteiger partial charge is 0.257 e. The van der Waals surface area contributed by atoms with Crippen molar-refractivity contribution >= 4 is 11.7 Å². The van der Waals surface area contributed by atoms with E-state index >= 15 is 0 Å². The second-order valence-corrected chi connectivity index (χ2v) is 8.01. The van der Waals surface area contributed by atoms with Crippen LogP contribution in [0.3, 0.4) is 0 Å². The molecule has 1 saturated heterocycles. The summed E-state index contributed by atoms with van der Waals surface area (Å²) < 4.78 is 10.6. The highest BCUT2D eigenvalue weighted by Crippen LogP contribution is 2.30. The van der Waals surface area contributed by atoms with Crippen LogP contribution in [0.2, 0.25) is 0 Å². The van der Waals surface area contributed by atoms with Crippen LogP contribution in [0.5, 0.6) is 5.75 Å². The van der Waals surface area contributed by atoms with E-state index in [0.717, 1.165) is 25.2 Å². The van der Waals surface area contributed by atoms with Gasteiger partial charge in [-0.05, 0) is 49.6 Å². The highest BCUT2D eigenvalue weighted by Gasteiger charge is 2.27. The summed E-state index contributed by atoms with van der Waals surface area (Å²) in [6.45, 7) is 3.42. The van der Waals surface area contributed by atoms with E-state index in [1.54, 1.807) is 6.92 Å². The Balaban J connectivity index is 1.49. The van der Waals surface area contributed by atoms with Crippen molar-refractivity contribution in [3.63, 3.8) is 0 Å². The maximum atomic E-state index is 13.4. The average Bonchev–Trinajstić information content (AvgIpc) is 3.22. The second-order valence-electron chi connectivity index (χ2n) is 8.01. The van der Waals surface area contributed by atoms with Crippen LogP contribution in [0, 0.1) is 6.92 Å². The van der Waals surface area contributed by atoms with E-state index in [4.69, 9.17) is 9.37 Å². The molecule has 8 nitrogen and oxygen atoms in total. The number of aryl methyl sites for hydroxylation is 1. The Bertz CT molecular complexity index is 1050. The van der Waals surface area contributed by atoms with Crippen molar-refractivity contribution in [3.05, 3.63) is 65.1 Å². The number of anilines is 1. The van der Waals surface area contributed by atoms with E-state index in [2.05, 4.69) is 27.4 Å². The van der Waals surface area contributed by atoms with Gasteiger partial charge in [0.15, 0.2) is 0 Å². The third-order valence-corrected chi connectivity index (χ3v) is 5.64. The van der Waals surface area contributed by atoms with E-state index in [1.165, 1.54) is 5.56 Å². The maximum Gasteiger partial charge on any atom is 0.257 e. The Labute approximate surface area is 181 Å². The number of para-hydroxylation sites is 1. The number of rotatable bonds is 6. The summed E-state index contributed by atoms with van der Waals surface area (Å²) in [5.74, 6) is 1.74. The first-order chi connectivity index (χ1) is 15.0. The van der Waals surface area contributed by atoms with Gasteiger partial charge in [-0.3, -0.25) is 4.79 Å². The number of pyridine rings is 1. The first-order valence-electron chi connectivity index (χ1n) is 10.5. The van der Waals surface area contributed by atoms with Gasteiger partial charge in [0.25, 0.3) is 5.91 Å². The fraction of sp³-hybridized carbons (Fsp3) is 0.391. The SMILES string of the molecule is Cc1nonc1COc1ccccc1C(=O)N1CCCC(c2ccnc(N(C)C)c2)C1. The van der Waals surface area contributed by atoms with Gasteiger partial charge < -0.3 is 14.5 Å². The molecule has 1 aromatic carbocycles. The molecule has 2 aromatic heterocycles. The van der Waals surface area contributed by atoms with Crippen LogP contribution in [-0.2, 0) is 6.61 Å². The number of hydrogen-bond acceptors (Lipinski definition) is 7. The van der Waals surface area contributed by atoms with Crippen molar-refractivity contribution in [3.8, 4) is 5.75 Å². The summed E-state index contributed by atoms with van der Waals surface area (Å²) in [6.07, 6.45) is 3.86. The third kappa shape index (κ3) is 4.68. The zero-order valence-corrected chi connectivity index (χ0v) is 18.1. The number of carbonyl (C=O) groups excluding carboxylic acids is 1. The van der Waals surface area contributed by atoms with Crippen LogP contribution in [-0.4, -0.2) is 53.3 Å². The molecule has 0 spiro atoms. The monoisotopic (exact) mass is 421 g/mol. The molecule has 1 aliphatic rings. The highest BCUT2D eigenvalue weighted by molar-refractivity contribution is 5.97. The number of piperidine rings is 1. The summed E-state index contributed by atoms with van der Waals surface area (Å²) in [5.41, 5.74) is 3.07. The van der Waals surface area contributed by atoms with Gasteiger partial charge in [-0.25, -0.2) is 9.61 Å². The van der Waals surface area contributed by atoms with Gasteiger partial charge in [-0.2, -0.15) is 0 Å². The summed E-state index contributed by atoms with van der Waals surface area (Å²) >= 11 is 0. The lowest BCUT2D eigenvalue weighted by molar-refractivity contribution is 0.0702. The fourth-order valence-electron chi connectivity index (χ4n) is 3.83. The summed E-state index contributed by atoms with van der Waals surface area (Å²) in [5, 5.41) is 7.61. The van der Waals surface area contributed by atoms with Gasteiger partial charge in [0.05, 0.1) is 5.56 Å². The van der Waals surface area contributed by atoms with E-state index in [0.29, 0.717) is 29.2 Å². The summed E-state index contributed by atoms with van der Waals surface area (Å²) in [4.78, 5) is 21.7. The first-order valence-corrected chi connectivity index (χ1v) is 10.5. The molecule has 0 radical (unpaired) electrons. The lowest BCUT2D eigenvalue weighted by atomic mass is 9.90. The molecule has 3 heterocycles. The van der Waals surface area contributed by atoms with Crippen LogP contribution in [0.4, 0.5) is 5.82 Å². The van der Waals surface area contributed by atoms with Gasteiger partial charge in [-0.1, -0.05) is 22.4 Å². The largest absolute Gasteiger partial charge is 0.486 e. The number of carbonyl (C=O) groups is 1. The van der Waals surface area contributed by atoms with E-state index in [9.17, 15) is 4.79 Å². The standard InChI is InChI=1S/C23H27N5O3/c1-16-20(26-31-25-16)15-30-21-9-5-4-8-19(21)23(29)28-12-6-7-18(14-28)17-10-11-24-22(13-17)27(2)3/h4-5,8-11,13,18H,6-7,12,14-15H2,1-3H3. The molecule has 31 heavy (non-hydrogen) atoms. The van der Waals surface area contributed by atoms with Gasteiger partial charge in [0, 0.05) is 39.3 Å². The Morgan fingerprint density at radius 2 is 2.10 bits per heavy atom. The number of aromatic nitrogens is 3. The van der Waals surface area contributed by atoms with E-state index in [1.807, 2.05) is 54.4 Å². The Morgan fingerprint density at radius 3 is 2.87 bits per heavy atom. The molecule has 162 valence electrons. The molecule has 1 aliphatic heterocycles. The van der Waals surface area contributed by atoms with Crippen molar-refractivity contribution in [2.24, 2.45) is 0 Å².